The Morgan fingerprint density at radius 2 is 2.14 bits per heavy atom. The van der Waals surface area contributed by atoms with Gasteiger partial charge in [-0.1, -0.05) is 11.6 Å². The third-order valence-corrected chi connectivity index (χ3v) is 2.13. The van der Waals surface area contributed by atoms with E-state index in [-0.39, 0.29) is 11.5 Å². The number of hydrogen-bond donors (Lipinski definition) is 2. The summed E-state index contributed by atoms with van der Waals surface area (Å²) in [5.41, 5.74) is 5.48. The molecule has 2 rings (SSSR count). The van der Waals surface area contributed by atoms with Crippen molar-refractivity contribution in [3.63, 3.8) is 0 Å². The van der Waals surface area contributed by atoms with Crippen molar-refractivity contribution in [1.82, 2.24) is 9.66 Å². The van der Waals surface area contributed by atoms with Crippen LogP contribution in [-0.4, -0.2) is 9.66 Å². The highest BCUT2D eigenvalue weighted by molar-refractivity contribution is 6.31. The molecule has 6 heteroatoms. The van der Waals surface area contributed by atoms with Crippen molar-refractivity contribution in [3.05, 3.63) is 33.6 Å². The second-order valence-electron chi connectivity index (χ2n) is 2.81. The SMILES string of the molecule is Nc1nc2cc(Cl)ccc2c(=O)n1N. The van der Waals surface area contributed by atoms with E-state index in [4.69, 9.17) is 23.2 Å². The molecule has 0 fully saturated rings. The molecular formula is C8H7ClN4O. The zero-order valence-electron chi connectivity index (χ0n) is 7.07. The molecule has 0 aliphatic heterocycles. The summed E-state index contributed by atoms with van der Waals surface area (Å²) in [6.07, 6.45) is 0. The van der Waals surface area contributed by atoms with E-state index >= 15 is 0 Å². The minimum Gasteiger partial charge on any atom is -0.368 e. The van der Waals surface area contributed by atoms with Gasteiger partial charge in [0, 0.05) is 5.02 Å². The van der Waals surface area contributed by atoms with Gasteiger partial charge in [-0.15, -0.1) is 0 Å². The lowest BCUT2D eigenvalue weighted by Crippen LogP contribution is -2.30. The summed E-state index contributed by atoms with van der Waals surface area (Å²) in [6, 6.07) is 4.73. The molecule has 2 aromatic rings. The lowest BCUT2D eigenvalue weighted by Gasteiger charge is -2.03. The molecule has 0 aliphatic carbocycles. The Morgan fingerprint density at radius 3 is 2.86 bits per heavy atom. The number of nitrogen functional groups attached to an aromatic ring is 2. The number of nitrogens with zero attached hydrogens (tertiary/aromatic N) is 2. The van der Waals surface area contributed by atoms with Crippen molar-refractivity contribution in [2.24, 2.45) is 0 Å². The van der Waals surface area contributed by atoms with Gasteiger partial charge in [-0.2, -0.15) is 4.68 Å². The van der Waals surface area contributed by atoms with E-state index in [9.17, 15) is 4.79 Å². The summed E-state index contributed by atoms with van der Waals surface area (Å²) >= 11 is 5.74. The lowest BCUT2D eigenvalue weighted by atomic mass is 10.2. The molecule has 0 unspecified atom stereocenters. The molecule has 0 bridgehead atoms. The standard InChI is InChI=1S/C8H7ClN4O/c9-4-1-2-5-6(3-4)12-8(10)13(11)7(5)14/h1-3H,11H2,(H2,10,12). The topological polar surface area (TPSA) is 86.9 Å². The van der Waals surface area contributed by atoms with Gasteiger partial charge < -0.3 is 11.6 Å². The molecule has 0 spiro atoms. The van der Waals surface area contributed by atoms with Crippen LogP contribution in [0.4, 0.5) is 5.95 Å². The molecule has 4 N–H and O–H groups in total. The normalized spacial score (nSPS) is 10.6. The van der Waals surface area contributed by atoms with Gasteiger partial charge in [0.1, 0.15) is 0 Å². The van der Waals surface area contributed by atoms with Crippen LogP contribution in [0.5, 0.6) is 0 Å². The molecule has 0 radical (unpaired) electrons. The largest absolute Gasteiger partial charge is 0.368 e. The number of halogens is 1. The second kappa shape index (κ2) is 2.88. The number of benzene rings is 1. The van der Waals surface area contributed by atoms with E-state index in [1.165, 1.54) is 0 Å². The predicted octanol–water partition coefficient (Wildman–Crippen LogP) is 0.346. The van der Waals surface area contributed by atoms with Crippen LogP contribution in [0.25, 0.3) is 10.9 Å². The van der Waals surface area contributed by atoms with Crippen molar-refractivity contribution in [2.75, 3.05) is 11.6 Å². The highest BCUT2D eigenvalue weighted by Gasteiger charge is 2.05. The van der Waals surface area contributed by atoms with Crippen molar-refractivity contribution in [1.29, 1.82) is 0 Å². The van der Waals surface area contributed by atoms with E-state index in [2.05, 4.69) is 4.98 Å². The Bertz CT molecular complexity index is 563. The molecule has 14 heavy (non-hydrogen) atoms. The predicted molar refractivity (Wildman–Crippen MR) is 55.6 cm³/mol. The number of aromatic nitrogens is 2. The van der Waals surface area contributed by atoms with Crippen LogP contribution in [0.15, 0.2) is 23.0 Å². The molecule has 1 heterocycles. The number of anilines is 1. The summed E-state index contributed by atoms with van der Waals surface area (Å²) < 4.78 is 0.802. The highest BCUT2D eigenvalue weighted by Crippen LogP contribution is 2.14. The summed E-state index contributed by atoms with van der Waals surface area (Å²) in [6.45, 7) is 0. The first-order valence-electron chi connectivity index (χ1n) is 3.82. The van der Waals surface area contributed by atoms with Gasteiger partial charge in [-0.3, -0.25) is 4.79 Å². The Hall–Kier alpha value is -1.75. The van der Waals surface area contributed by atoms with Crippen molar-refractivity contribution >= 4 is 28.5 Å². The van der Waals surface area contributed by atoms with E-state index in [1.54, 1.807) is 18.2 Å². The fourth-order valence-corrected chi connectivity index (χ4v) is 1.36. The third-order valence-electron chi connectivity index (χ3n) is 1.89. The molecule has 0 saturated heterocycles. The van der Waals surface area contributed by atoms with Crippen LogP contribution < -0.4 is 17.1 Å². The van der Waals surface area contributed by atoms with Crippen LogP contribution in [0.3, 0.4) is 0 Å². The second-order valence-corrected chi connectivity index (χ2v) is 3.24. The van der Waals surface area contributed by atoms with E-state index < -0.39 is 0 Å². The van der Waals surface area contributed by atoms with Crippen LogP contribution in [-0.2, 0) is 0 Å². The van der Waals surface area contributed by atoms with Gasteiger partial charge in [0.05, 0.1) is 10.9 Å². The third kappa shape index (κ3) is 1.18. The summed E-state index contributed by atoms with van der Waals surface area (Å²) in [5.74, 6) is 5.33. The first-order valence-corrected chi connectivity index (χ1v) is 4.20. The van der Waals surface area contributed by atoms with Crippen LogP contribution >= 0.6 is 11.6 Å². The minimum atomic E-state index is -0.385. The van der Waals surface area contributed by atoms with Gasteiger partial charge in [0.25, 0.3) is 5.56 Å². The number of rotatable bonds is 0. The maximum atomic E-state index is 11.5. The Kier molecular flexibility index (Phi) is 1.82. The molecule has 0 saturated carbocycles. The monoisotopic (exact) mass is 210 g/mol. The molecule has 72 valence electrons. The zero-order valence-corrected chi connectivity index (χ0v) is 7.82. The number of hydrogen-bond acceptors (Lipinski definition) is 4. The molecular weight excluding hydrogens is 204 g/mol. The molecule has 0 aliphatic rings. The van der Waals surface area contributed by atoms with Gasteiger partial charge in [-0.05, 0) is 18.2 Å². The summed E-state index contributed by atoms with van der Waals surface area (Å²) in [4.78, 5) is 15.5. The van der Waals surface area contributed by atoms with Crippen LogP contribution in [0.2, 0.25) is 5.02 Å². The van der Waals surface area contributed by atoms with Gasteiger partial charge >= 0.3 is 0 Å². The fraction of sp³-hybridized carbons (Fsp3) is 0. The van der Waals surface area contributed by atoms with Crippen molar-refractivity contribution in [3.8, 4) is 0 Å². The van der Waals surface area contributed by atoms with Gasteiger partial charge in [0.2, 0.25) is 5.95 Å². The summed E-state index contributed by atoms with van der Waals surface area (Å²) in [5, 5.41) is 0.893. The van der Waals surface area contributed by atoms with E-state index in [0.29, 0.717) is 15.9 Å². The Balaban J connectivity index is 2.98. The Labute approximate surface area is 83.9 Å². The van der Waals surface area contributed by atoms with Crippen molar-refractivity contribution < 1.29 is 0 Å². The molecule has 5 nitrogen and oxygen atoms in total. The average molecular weight is 211 g/mol. The van der Waals surface area contributed by atoms with Crippen molar-refractivity contribution in [2.45, 2.75) is 0 Å². The molecule has 1 aromatic carbocycles. The minimum absolute atomic E-state index is 0.0373. The first-order chi connectivity index (χ1) is 6.59. The smallest absolute Gasteiger partial charge is 0.281 e. The zero-order chi connectivity index (χ0) is 10.3. The molecule has 0 amide bonds. The highest BCUT2D eigenvalue weighted by atomic mass is 35.5. The lowest BCUT2D eigenvalue weighted by molar-refractivity contribution is 0.933. The molecule has 0 atom stereocenters. The van der Waals surface area contributed by atoms with Crippen LogP contribution in [0, 0.1) is 0 Å². The number of fused-ring (bicyclic) bond motifs is 1. The maximum Gasteiger partial charge on any atom is 0.281 e. The first kappa shape index (κ1) is 8.83. The van der Waals surface area contributed by atoms with Crippen LogP contribution in [0.1, 0.15) is 0 Å². The Morgan fingerprint density at radius 1 is 1.43 bits per heavy atom. The van der Waals surface area contributed by atoms with E-state index in [1.807, 2.05) is 0 Å². The van der Waals surface area contributed by atoms with E-state index in [0.717, 1.165) is 4.68 Å². The van der Waals surface area contributed by atoms with Gasteiger partial charge in [-0.25, -0.2) is 4.98 Å². The summed E-state index contributed by atoms with van der Waals surface area (Å²) in [7, 11) is 0. The maximum absolute atomic E-state index is 11.5. The number of nitrogens with two attached hydrogens (primary N) is 2. The quantitative estimate of drug-likeness (QED) is 0.614. The fourth-order valence-electron chi connectivity index (χ4n) is 1.19. The average Bonchev–Trinajstić information content (AvgIpc) is 2.14. The van der Waals surface area contributed by atoms with Gasteiger partial charge in [0.15, 0.2) is 0 Å². The molecule has 1 aromatic heterocycles.